The van der Waals surface area contributed by atoms with E-state index in [1.807, 2.05) is 25.1 Å². The first-order valence-corrected chi connectivity index (χ1v) is 5.26. The van der Waals surface area contributed by atoms with Gasteiger partial charge in [-0.1, -0.05) is 18.2 Å². The number of carboxylic acid groups (broad SMARTS) is 1. The van der Waals surface area contributed by atoms with Crippen molar-refractivity contribution in [2.75, 3.05) is 11.9 Å². The summed E-state index contributed by atoms with van der Waals surface area (Å²) >= 11 is 0. The fourth-order valence-electron chi connectivity index (χ4n) is 1.39. The zero-order chi connectivity index (χ0) is 13.0. The Labute approximate surface area is 100 Å². The molecule has 1 rings (SSSR count). The van der Waals surface area contributed by atoms with E-state index in [0.717, 1.165) is 11.3 Å². The quantitative estimate of drug-likeness (QED) is 0.837. The van der Waals surface area contributed by atoms with Crippen molar-refractivity contribution in [1.82, 2.24) is 5.32 Å². The lowest BCUT2D eigenvalue weighted by molar-refractivity contribution is -0.138. The van der Waals surface area contributed by atoms with Gasteiger partial charge in [0.1, 0.15) is 6.04 Å². The zero-order valence-corrected chi connectivity index (χ0v) is 10.1. The molecular weight excluding hydrogens is 220 g/mol. The minimum atomic E-state index is -1.06. The largest absolute Gasteiger partial charge is 0.480 e. The van der Waals surface area contributed by atoms with Crippen LogP contribution in [0.1, 0.15) is 12.5 Å². The van der Waals surface area contributed by atoms with Gasteiger partial charge in [-0.3, -0.25) is 9.69 Å². The molecule has 1 aromatic rings. The molecule has 0 spiro atoms. The molecule has 92 valence electrons. The second-order valence-electron chi connectivity index (χ2n) is 3.85. The lowest BCUT2D eigenvalue weighted by atomic mass is 10.2. The predicted molar refractivity (Wildman–Crippen MR) is 65.2 cm³/mol. The molecule has 0 heterocycles. The number of amides is 2. The zero-order valence-electron chi connectivity index (χ0n) is 10.1. The van der Waals surface area contributed by atoms with Crippen molar-refractivity contribution in [2.45, 2.75) is 19.9 Å². The SMILES string of the molecule is Cc1ccccc1N(C)C(=O)NC(C)C(=O)O. The fourth-order valence-corrected chi connectivity index (χ4v) is 1.39. The predicted octanol–water partition coefficient (Wildman–Crippen LogP) is 1.61. The van der Waals surface area contributed by atoms with Crippen LogP contribution in [-0.2, 0) is 4.79 Å². The molecule has 5 nitrogen and oxygen atoms in total. The Morgan fingerprint density at radius 2 is 1.94 bits per heavy atom. The summed E-state index contributed by atoms with van der Waals surface area (Å²) < 4.78 is 0. The van der Waals surface area contributed by atoms with Crippen LogP contribution >= 0.6 is 0 Å². The number of hydrogen-bond acceptors (Lipinski definition) is 2. The van der Waals surface area contributed by atoms with Gasteiger partial charge in [0.15, 0.2) is 0 Å². The molecule has 0 saturated carbocycles. The number of para-hydroxylation sites is 1. The van der Waals surface area contributed by atoms with Crippen molar-refractivity contribution >= 4 is 17.7 Å². The van der Waals surface area contributed by atoms with E-state index in [-0.39, 0.29) is 0 Å². The normalized spacial score (nSPS) is 11.7. The third kappa shape index (κ3) is 3.21. The summed E-state index contributed by atoms with van der Waals surface area (Å²) in [5, 5.41) is 11.1. The molecule has 0 aliphatic rings. The topological polar surface area (TPSA) is 69.6 Å². The number of benzene rings is 1. The first-order valence-electron chi connectivity index (χ1n) is 5.26. The summed E-state index contributed by atoms with van der Waals surface area (Å²) in [6, 6.07) is 6.06. The Morgan fingerprint density at radius 3 is 2.47 bits per heavy atom. The minimum Gasteiger partial charge on any atom is -0.480 e. The second-order valence-corrected chi connectivity index (χ2v) is 3.85. The number of carboxylic acids is 1. The Morgan fingerprint density at radius 1 is 1.35 bits per heavy atom. The highest BCUT2D eigenvalue weighted by atomic mass is 16.4. The molecule has 0 aromatic heterocycles. The number of rotatable bonds is 3. The van der Waals surface area contributed by atoms with Gasteiger partial charge in [0.05, 0.1) is 0 Å². The third-order valence-electron chi connectivity index (χ3n) is 2.49. The van der Waals surface area contributed by atoms with Gasteiger partial charge in [0, 0.05) is 12.7 Å². The molecule has 0 aliphatic heterocycles. The highest BCUT2D eigenvalue weighted by Crippen LogP contribution is 2.17. The van der Waals surface area contributed by atoms with Gasteiger partial charge in [0.25, 0.3) is 0 Å². The maximum Gasteiger partial charge on any atom is 0.325 e. The Hall–Kier alpha value is -2.04. The number of nitrogens with one attached hydrogen (secondary N) is 1. The smallest absolute Gasteiger partial charge is 0.325 e. The van der Waals surface area contributed by atoms with Crippen LogP contribution in [0.3, 0.4) is 0 Å². The standard InChI is InChI=1S/C12H16N2O3/c1-8-6-4-5-7-10(8)14(3)12(17)13-9(2)11(15)16/h4-7,9H,1-3H3,(H,13,17)(H,15,16). The minimum absolute atomic E-state index is 0.436. The number of hydrogen-bond donors (Lipinski definition) is 2. The van der Waals surface area contributed by atoms with Gasteiger partial charge in [-0.25, -0.2) is 4.79 Å². The highest BCUT2D eigenvalue weighted by molar-refractivity contribution is 5.94. The van der Waals surface area contributed by atoms with E-state index in [1.165, 1.54) is 11.8 Å². The number of aliphatic carboxylic acids is 1. The van der Waals surface area contributed by atoms with Crippen LogP contribution < -0.4 is 10.2 Å². The number of carbonyl (C=O) groups is 2. The maximum atomic E-state index is 11.8. The van der Waals surface area contributed by atoms with Crippen molar-refractivity contribution in [3.63, 3.8) is 0 Å². The lowest BCUT2D eigenvalue weighted by Crippen LogP contribution is -2.45. The first kappa shape index (κ1) is 13.0. The van der Waals surface area contributed by atoms with Crippen LogP contribution in [0.2, 0.25) is 0 Å². The number of carbonyl (C=O) groups excluding carboxylic acids is 1. The number of urea groups is 1. The Kier molecular flexibility index (Phi) is 4.09. The van der Waals surface area contributed by atoms with Crippen molar-refractivity contribution in [3.8, 4) is 0 Å². The monoisotopic (exact) mass is 236 g/mol. The molecule has 17 heavy (non-hydrogen) atoms. The van der Waals surface area contributed by atoms with Gasteiger partial charge in [-0.05, 0) is 25.5 Å². The maximum absolute atomic E-state index is 11.8. The molecule has 0 bridgehead atoms. The van der Waals surface area contributed by atoms with Crippen LogP contribution in [0, 0.1) is 6.92 Å². The van der Waals surface area contributed by atoms with E-state index in [0.29, 0.717) is 0 Å². The van der Waals surface area contributed by atoms with Crippen molar-refractivity contribution in [3.05, 3.63) is 29.8 Å². The van der Waals surface area contributed by atoms with Gasteiger partial charge in [-0.15, -0.1) is 0 Å². The van der Waals surface area contributed by atoms with Crippen LogP contribution in [0.15, 0.2) is 24.3 Å². The molecular formula is C12H16N2O3. The summed E-state index contributed by atoms with van der Waals surface area (Å²) in [5.74, 6) is -1.06. The number of aryl methyl sites for hydroxylation is 1. The van der Waals surface area contributed by atoms with Gasteiger partial charge >= 0.3 is 12.0 Å². The average Bonchev–Trinajstić information content (AvgIpc) is 2.28. The molecule has 5 heteroatoms. The molecule has 0 aliphatic carbocycles. The Balaban J connectivity index is 2.77. The van der Waals surface area contributed by atoms with Crippen LogP contribution in [-0.4, -0.2) is 30.2 Å². The van der Waals surface area contributed by atoms with Gasteiger partial charge < -0.3 is 10.4 Å². The van der Waals surface area contributed by atoms with E-state index in [4.69, 9.17) is 5.11 Å². The van der Waals surface area contributed by atoms with E-state index in [9.17, 15) is 9.59 Å². The molecule has 1 unspecified atom stereocenters. The molecule has 2 N–H and O–H groups in total. The summed E-state index contributed by atoms with van der Waals surface area (Å²) in [4.78, 5) is 23.8. The number of nitrogens with zero attached hydrogens (tertiary/aromatic N) is 1. The van der Waals surface area contributed by atoms with E-state index in [2.05, 4.69) is 5.32 Å². The van der Waals surface area contributed by atoms with Gasteiger partial charge in [-0.2, -0.15) is 0 Å². The van der Waals surface area contributed by atoms with Crippen molar-refractivity contribution in [1.29, 1.82) is 0 Å². The number of anilines is 1. The Bertz CT molecular complexity index is 432. The first-order chi connectivity index (χ1) is 7.93. The highest BCUT2D eigenvalue weighted by Gasteiger charge is 2.18. The van der Waals surface area contributed by atoms with E-state index < -0.39 is 18.0 Å². The fraction of sp³-hybridized carbons (Fsp3) is 0.333. The molecule has 0 fully saturated rings. The summed E-state index contributed by atoms with van der Waals surface area (Å²) in [6.45, 7) is 3.31. The summed E-state index contributed by atoms with van der Waals surface area (Å²) in [6.07, 6.45) is 0. The summed E-state index contributed by atoms with van der Waals surface area (Å²) in [7, 11) is 1.60. The van der Waals surface area contributed by atoms with Crippen molar-refractivity contribution < 1.29 is 14.7 Å². The molecule has 1 aromatic carbocycles. The van der Waals surface area contributed by atoms with E-state index >= 15 is 0 Å². The third-order valence-corrected chi connectivity index (χ3v) is 2.49. The summed E-state index contributed by atoms with van der Waals surface area (Å²) in [5.41, 5.74) is 1.70. The molecule has 0 saturated heterocycles. The molecule has 0 radical (unpaired) electrons. The molecule has 2 amide bonds. The lowest BCUT2D eigenvalue weighted by Gasteiger charge is -2.21. The van der Waals surface area contributed by atoms with Crippen molar-refractivity contribution in [2.24, 2.45) is 0 Å². The average molecular weight is 236 g/mol. The molecule has 1 atom stereocenters. The van der Waals surface area contributed by atoms with Gasteiger partial charge in [0.2, 0.25) is 0 Å². The van der Waals surface area contributed by atoms with Crippen LogP contribution in [0.4, 0.5) is 10.5 Å². The second kappa shape index (κ2) is 5.34. The van der Waals surface area contributed by atoms with Crippen LogP contribution in [0.25, 0.3) is 0 Å². The van der Waals surface area contributed by atoms with Crippen LogP contribution in [0.5, 0.6) is 0 Å². The van der Waals surface area contributed by atoms with E-state index in [1.54, 1.807) is 13.1 Å².